The molecule has 1 rings (SSSR count). The van der Waals surface area contributed by atoms with Gasteiger partial charge in [-0.2, -0.15) is 0 Å². The van der Waals surface area contributed by atoms with Crippen molar-refractivity contribution >= 4 is 6.09 Å². The van der Waals surface area contributed by atoms with Crippen LogP contribution in [-0.4, -0.2) is 41.9 Å². The zero-order chi connectivity index (χ0) is 13.1. The summed E-state index contributed by atoms with van der Waals surface area (Å²) in [5.74, 6) is 0. The lowest BCUT2D eigenvalue weighted by Gasteiger charge is -2.27. The van der Waals surface area contributed by atoms with E-state index in [1.54, 1.807) is 20.8 Å². The maximum Gasteiger partial charge on any atom is 0.410 e. The molecular formula is C10H17FN4O2. The number of carbonyl (C=O) groups is 1. The maximum absolute atomic E-state index is 12.8. The van der Waals surface area contributed by atoms with Crippen molar-refractivity contribution in [2.24, 2.45) is 5.11 Å². The van der Waals surface area contributed by atoms with Crippen LogP contribution in [0.4, 0.5) is 9.18 Å². The first-order chi connectivity index (χ1) is 7.87. The topological polar surface area (TPSA) is 78.3 Å². The van der Waals surface area contributed by atoms with Gasteiger partial charge in [-0.15, -0.1) is 0 Å². The summed E-state index contributed by atoms with van der Waals surface area (Å²) in [6.07, 6.45) is -0.212. The molecule has 0 spiro atoms. The van der Waals surface area contributed by atoms with Crippen LogP contribution in [0.5, 0.6) is 0 Å². The van der Waals surface area contributed by atoms with Gasteiger partial charge in [0.15, 0.2) is 0 Å². The molecule has 2 atom stereocenters. The highest BCUT2D eigenvalue weighted by Gasteiger charge is 2.37. The quantitative estimate of drug-likeness (QED) is 0.425. The van der Waals surface area contributed by atoms with Gasteiger partial charge in [0.05, 0.1) is 12.1 Å². The largest absolute Gasteiger partial charge is 0.444 e. The van der Waals surface area contributed by atoms with E-state index in [4.69, 9.17) is 10.3 Å². The van der Waals surface area contributed by atoms with Gasteiger partial charge >= 0.3 is 6.09 Å². The summed E-state index contributed by atoms with van der Waals surface area (Å²) in [6.45, 7) is 4.80. The Bertz CT molecular complexity index is 336. The van der Waals surface area contributed by atoms with Crippen LogP contribution >= 0.6 is 0 Å². The molecule has 1 aliphatic rings. The number of amides is 1. The van der Waals surface area contributed by atoms with Gasteiger partial charge in [-0.05, 0) is 32.7 Å². The molecule has 6 nitrogen and oxygen atoms in total. The zero-order valence-electron chi connectivity index (χ0n) is 10.3. The second kappa shape index (κ2) is 5.23. The molecule has 0 aromatic heterocycles. The van der Waals surface area contributed by atoms with Gasteiger partial charge in [-0.3, -0.25) is 0 Å². The molecule has 0 aromatic rings. The monoisotopic (exact) mass is 244 g/mol. The fourth-order valence-electron chi connectivity index (χ4n) is 1.74. The summed E-state index contributed by atoms with van der Waals surface area (Å²) in [5, 5.41) is 3.52. The average Bonchev–Trinajstić information content (AvgIpc) is 2.59. The SMILES string of the molecule is CC(C)(C)OC(=O)N1C[C@@H](N=[N+]=[N-])C[C@@H]1CF. The van der Waals surface area contributed by atoms with Crippen molar-refractivity contribution < 1.29 is 13.9 Å². The van der Waals surface area contributed by atoms with Gasteiger partial charge in [0.25, 0.3) is 0 Å². The molecule has 17 heavy (non-hydrogen) atoms. The van der Waals surface area contributed by atoms with E-state index in [1.165, 1.54) is 4.90 Å². The third-order valence-electron chi connectivity index (χ3n) is 2.41. The number of hydrogen-bond donors (Lipinski definition) is 0. The van der Waals surface area contributed by atoms with Crippen molar-refractivity contribution in [1.29, 1.82) is 0 Å². The van der Waals surface area contributed by atoms with E-state index in [-0.39, 0.29) is 12.6 Å². The number of ether oxygens (including phenoxy) is 1. The van der Waals surface area contributed by atoms with Crippen molar-refractivity contribution in [1.82, 2.24) is 4.90 Å². The zero-order valence-corrected chi connectivity index (χ0v) is 10.3. The Hall–Kier alpha value is -1.49. The van der Waals surface area contributed by atoms with E-state index >= 15 is 0 Å². The number of likely N-dealkylation sites (tertiary alicyclic amines) is 1. The van der Waals surface area contributed by atoms with Gasteiger partial charge < -0.3 is 9.64 Å². The van der Waals surface area contributed by atoms with Crippen molar-refractivity contribution in [3.8, 4) is 0 Å². The normalized spacial score (nSPS) is 24.4. The third-order valence-corrected chi connectivity index (χ3v) is 2.41. The molecule has 1 heterocycles. The van der Waals surface area contributed by atoms with Crippen LogP contribution in [0.25, 0.3) is 10.4 Å². The lowest BCUT2D eigenvalue weighted by atomic mass is 10.2. The Kier molecular flexibility index (Phi) is 4.17. The smallest absolute Gasteiger partial charge is 0.410 e. The maximum atomic E-state index is 12.8. The van der Waals surface area contributed by atoms with E-state index in [1.807, 2.05) is 0 Å². The standard InChI is InChI=1S/C10H17FN4O2/c1-10(2,3)17-9(16)15-6-7(13-14-12)4-8(15)5-11/h7-8H,4-6H2,1-3H3/t7-,8+/m0/s1. The fraction of sp³-hybridized carbons (Fsp3) is 0.900. The van der Waals surface area contributed by atoms with Crippen LogP contribution in [0.2, 0.25) is 0 Å². The third kappa shape index (κ3) is 3.78. The average molecular weight is 244 g/mol. The Morgan fingerprint density at radius 1 is 1.65 bits per heavy atom. The first-order valence-corrected chi connectivity index (χ1v) is 5.47. The summed E-state index contributed by atoms with van der Waals surface area (Å²) in [7, 11) is 0. The van der Waals surface area contributed by atoms with Crippen LogP contribution < -0.4 is 0 Å². The number of carbonyl (C=O) groups excluding carboxylic acids is 1. The van der Waals surface area contributed by atoms with Gasteiger partial charge in [0, 0.05) is 11.5 Å². The predicted octanol–water partition coefficient (Wildman–Crippen LogP) is 2.64. The van der Waals surface area contributed by atoms with E-state index in [9.17, 15) is 9.18 Å². The summed E-state index contributed by atoms with van der Waals surface area (Å²) < 4.78 is 17.9. The molecule has 1 saturated heterocycles. The molecule has 0 saturated carbocycles. The molecule has 0 radical (unpaired) electrons. The Morgan fingerprint density at radius 3 is 2.76 bits per heavy atom. The van der Waals surface area contributed by atoms with Crippen LogP contribution in [0.3, 0.4) is 0 Å². The number of nitrogens with zero attached hydrogens (tertiary/aromatic N) is 4. The predicted molar refractivity (Wildman–Crippen MR) is 60.3 cm³/mol. The first-order valence-electron chi connectivity index (χ1n) is 5.47. The van der Waals surface area contributed by atoms with Crippen molar-refractivity contribution in [3.05, 3.63) is 10.4 Å². The molecule has 1 fully saturated rings. The van der Waals surface area contributed by atoms with Gasteiger partial charge in [-0.1, -0.05) is 5.11 Å². The number of hydrogen-bond acceptors (Lipinski definition) is 3. The van der Waals surface area contributed by atoms with E-state index in [2.05, 4.69) is 10.0 Å². The van der Waals surface area contributed by atoms with Crippen LogP contribution in [0.15, 0.2) is 5.11 Å². The Morgan fingerprint density at radius 2 is 2.29 bits per heavy atom. The lowest BCUT2D eigenvalue weighted by molar-refractivity contribution is 0.0206. The van der Waals surface area contributed by atoms with Gasteiger partial charge in [0.1, 0.15) is 12.3 Å². The van der Waals surface area contributed by atoms with E-state index in [0.717, 1.165) is 0 Å². The van der Waals surface area contributed by atoms with E-state index < -0.39 is 24.4 Å². The van der Waals surface area contributed by atoms with Gasteiger partial charge in [-0.25, -0.2) is 9.18 Å². The highest BCUT2D eigenvalue weighted by Crippen LogP contribution is 2.23. The molecule has 7 heteroatoms. The minimum atomic E-state index is -0.656. The minimum absolute atomic E-state index is 0.216. The number of halogens is 1. The van der Waals surface area contributed by atoms with Gasteiger partial charge in [0.2, 0.25) is 0 Å². The first kappa shape index (κ1) is 13.6. The molecule has 1 aliphatic heterocycles. The van der Waals surface area contributed by atoms with Crippen molar-refractivity contribution in [3.63, 3.8) is 0 Å². The Labute approximate surface area is 99.4 Å². The number of rotatable bonds is 2. The number of azide groups is 1. The highest BCUT2D eigenvalue weighted by atomic mass is 19.1. The molecule has 96 valence electrons. The molecular weight excluding hydrogens is 227 g/mol. The van der Waals surface area contributed by atoms with Crippen LogP contribution in [0, 0.1) is 0 Å². The summed E-state index contributed by atoms with van der Waals surface area (Å²) >= 11 is 0. The minimum Gasteiger partial charge on any atom is -0.444 e. The molecule has 0 unspecified atom stereocenters. The number of alkyl halides is 1. The molecule has 0 N–H and O–H groups in total. The lowest BCUT2D eigenvalue weighted by Crippen LogP contribution is -2.40. The van der Waals surface area contributed by atoms with E-state index in [0.29, 0.717) is 6.42 Å². The second-order valence-electron chi connectivity index (χ2n) is 5.04. The highest BCUT2D eigenvalue weighted by molar-refractivity contribution is 5.69. The molecule has 0 aliphatic carbocycles. The fourth-order valence-corrected chi connectivity index (χ4v) is 1.74. The van der Waals surface area contributed by atoms with Crippen LogP contribution in [0.1, 0.15) is 27.2 Å². The van der Waals surface area contributed by atoms with Crippen molar-refractivity contribution in [2.45, 2.75) is 44.9 Å². The summed E-state index contributed by atoms with van der Waals surface area (Å²) in [5.41, 5.74) is 7.71. The summed E-state index contributed by atoms with van der Waals surface area (Å²) in [6, 6.07) is -0.923. The second-order valence-corrected chi connectivity index (χ2v) is 5.04. The Balaban J connectivity index is 2.68. The van der Waals surface area contributed by atoms with Crippen LogP contribution in [-0.2, 0) is 4.74 Å². The molecule has 0 aromatic carbocycles. The van der Waals surface area contributed by atoms with Crippen molar-refractivity contribution in [2.75, 3.05) is 13.2 Å². The summed E-state index contributed by atoms with van der Waals surface area (Å²) in [4.78, 5) is 15.8. The molecule has 0 bridgehead atoms. The molecule has 1 amide bonds.